The molecular weight excluding hydrogens is 181 g/mol. The summed E-state index contributed by atoms with van der Waals surface area (Å²) < 4.78 is 12.5. The highest BCUT2D eigenvalue weighted by atomic mass is 35.5. The predicted octanol–water partition coefficient (Wildman–Crippen LogP) is 2.13. The smallest absolute Gasteiger partial charge is 0.141 e. The van der Waals surface area contributed by atoms with Crippen LogP contribution in [0.25, 0.3) is 0 Å². The fraction of sp³-hybridized carbons (Fsp3) is 0.250. The zero-order valence-corrected chi connectivity index (χ0v) is 7.69. The van der Waals surface area contributed by atoms with Gasteiger partial charge in [0.05, 0.1) is 5.02 Å². The van der Waals surface area contributed by atoms with Crippen molar-refractivity contribution in [3.05, 3.63) is 29.0 Å². The zero-order valence-electron chi connectivity index (χ0n) is 6.94. The van der Waals surface area contributed by atoms with Crippen LogP contribution in [0.15, 0.2) is 18.2 Å². The summed E-state index contributed by atoms with van der Waals surface area (Å²) in [5, 5.41) is 9.99. The molecule has 0 amide bonds. The third-order valence-electron chi connectivity index (χ3n) is 1.21. The van der Waals surface area contributed by atoms with E-state index in [0.717, 1.165) is 12.8 Å². The summed E-state index contributed by atoms with van der Waals surface area (Å²) in [6.45, 7) is 0. The largest absolute Gasteiger partial charge is 0.400 e. The topological polar surface area (TPSA) is 32.3 Å². The van der Waals surface area contributed by atoms with Gasteiger partial charge in [0.15, 0.2) is 0 Å². The molecule has 1 aromatic rings. The number of aliphatic hydroxyl groups is 1. The van der Waals surface area contributed by atoms with Crippen LogP contribution in [-0.4, -0.2) is 19.3 Å². The lowest BCUT2D eigenvalue weighted by molar-refractivity contribution is 0.399. The maximum absolute atomic E-state index is 12.5. The Labute approximate surface area is 76.0 Å². The molecule has 0 heterocycles. The van der Waals surface area contributed by atoms with Gasteiger partial charge in [-0.15, -0.1) is 0 Å². The van der Waals surface area contributed by atoms with E-state index in [4.69, 9.17) is 16.7 Å². The molecule has 0 fully saturated rings. The molecule has 0 aliphatic rings. The summed E-state index contributed by atoms with van der Waals surface area (Å²) in [7, 11) is 2.75. The molecule has 0 saturated carbocycles. The SMILES string of the molecule is CNc1ccc(F)c(Cl)c1.CO. The number of nitrogens with one attached hydrogen (secondary N) is 1. The first-order chi connectivity index (χ1) is 5.74. The van der Waals surface area contributed by atoms with Crippen LogP contribution >= 0.6 is 11.6 Å². The Morgan fingerprint density at radius 2 is 2.00 bits per heavy atom. The van der Waals surface area contributed by atoms with Gasteiger partial charge in [-0.1, -0.05) is 11.6 Å². The van der Waals surface area contributed by atoms with Crippen LogP contribution < -0.4 is 5.32 Å². The Kier molecular flexibility index (Phi) is 5.41. The molecule has 0 aliphatic heterocycles. The summed E-state index contributed by atoms with van der Waals surface area (Å²) >= 11 is 5.48. The van der Waals surface area contributed by atoms with Crippen molar-refractivity contribution in [2.75, 3.05) is 19.5 Å². The maximum atomic E-state index is 12.5. The number of rotatable bonds is 1. The molecule has 0 aliphatic carbocycles. The van der Waals surface area contributed by atoms with Crippen LogP contribution in [0.3, 0.4) is 0 Å². The highest BCUT2D eigenvalue weighted by molar-refractivity contribution is 6.31. The number of halogens is 2. The lowest BCUT2D eigenvalue weighted by Crippen LogP contribution is -1.87. The van der Waals surface area contributed by atoms with Gasteiger partial charge in [0, 0.05) is 19.8 Å². The van der Waals surface area contributed by atoms with Crippen LogP contribution in [0.5, 0.6) is 0 Å². The lowest BCUT2D eigenvalue weighted by atomic mass is 10.3. The van der Waals surface area contributed by atoms with E-state index in [1.165, 1.54) is 12.1 Å². The second-order valence-electron chi connectivity index (χ2n) is 1.88. The van der Waals surface area contributed by atoms with Crippen LogP contribution in [0.2, 0.25) is 5.02 Å². The number of benzene rings is 1. The van der Waals surface area contributed by atoms with Gasteiger partial charge in [-0.05, 0) is 18.2 Å². The third kappa shape index (κ3) is 3.07. The lowest BCUT2D eigenvalue weighted by Gasteiger charge is -1.99. The van der Waals surface area contributed by atoms with Gasteiger partial charge in [-0.2, -0.15) is 0 Å². The normalized spacial score (nSPS) is 8.42. The average molecular weight is 192 g/mol. The van der Waals surface area contributed by atoms with Gasteiger partial charge in [-0.25, -0.2) is 4.39 Å². The molecule has 0 unspecified atom stereocenters. The first-order valence-electron chi connectivity index (χ1n) is 3.31. The van der Waals surface area contributed by atoms with Crippen molar-refractivity contribution >= 4 is 17.3 Å². The van der Waals surface area contributed by atoms with Crippen LogP contribution in [0.1, 0.15) is 0 Å². The Balaban J connectivity index is 0.000000561. The van der Waals surface area contributed by atoms with Crippen molar-refractivity contribution in [1.29, 1.82) is 0 Å². The second kappa shape index (κ2) is 5.80. The summed E-state index contributed by atoms with van der Waals surface area (Å²) in [5.41, 5.74) is 0.811. The van der Waals surface area contributed by atoms with E-state index in [2.05, 4.69) is 5.32 Å². The quantitative estimate of drug-likeness (QED) is 0.713. The number of hydrogen-bond acceptors (Lipinski definition) is 2. The fourth-order valence-electron chi connectivity index (χ4n) is 0.652. The van der Waals surface area contributed by atoms with E-state index in [-0.39, 0.29) is 10.8 Å². The third-order valence-corrected chi connectivity index (χ3v) is 1.50. The molecule has 1 rings (SSSR count). The van der Waals surface area contributed by atoms with Gasteiger partial charge < -0.3 is 10.4 Å². The fourth-order valence-corrected chi connectivity index (χ4v) is 0.832. The van der Waals surface area contributed by atoms with Gasteiger partial charge in [0.2, 0.25) is 0 Å². The summed E-state index contributed by atoms with van der Waals surface area (Å²) in [5.74, 6) is -0.388. The highest BCUT2D eigenvalue weighted by Crippen LogP contribution is 2.18. The predicted molar refractivity (Wildman–Crippen MR) is 49.1 cm³/mol. The minimum absolute atomic E-state index is 0.145. The Hall–Kier alpha value is -0.800. The van der Waals surface area contributed by atoms with Gasteiger partial charge in [-0.3, -0.25) is 0 Å². The average Bonchev–Trinajstić information content (AvgIpc) is 2.13. The first kappa shape index (κ1) is 11.2. The molecule has 12 heavy (non-hydrogen) atoms. The molecule has 68 valence electrons. The van der Waals surface area contributed by atoms with Gasteiger partial charge in [0.1, 0.15) is 5.82 Å². The minimum Gasteiger partial charge on any atom is -0.400 e. The van der Waals surface area contributed by atoms with Crippen LogP contribution in [0.4, 0.5) is 10.1 Å². The Morgan fingerprint density at radius 3 is 2.42 bits per heavy atom. The van der Waals surface area contributed by atoms with Crippen molar-refractivity contribution in [1.82, 2.24) is 0 Å². The molecule has 0 bridgehead atoms. The molecule has 1 aromatic carbocycles. The second-order valence-corrected chi connectivity index (χ2v) is 2.29. The Bertz CT molecular complexity index is 242. The monoisotopic (exact) mass is 191 g/mol. The molecule has 0 atom stereocenters. The first-order valence-corrected chi connectivity index (χ1v) is 3.69. The van der Waals surface area contributed by atoms with E-state index in [1.54, 1.807) is 13.1 Å². The van der Waals surface area contributed by atoms with Crippen LogP contribution in [0, 0.1) is 5.82 Å². The number of aliphatic hydroxyl groups excluding tert-OH is 1. The summed E-state index contributed by atoms with van der Waals surface area (Å²) in [4.78, 5) is 0. The number of hydrogen-bond donors (Lipinski definition) is 2. The van der Waals surface area contributed by atoms with E-state index >= 15 is 0 Å². The standard InChI is InChI=1S/C7H7ClFN.CH4O/c1-10-5-2-3-7(9)6(8)4-5;1-2/h2-4,10H,1H3;2H,1H3. The molecule has 0 saturated heterocycles. The van der Waals surface area contributed by atoms with Crippen molar-refractivity contribution < 1.29 is 9.50 Å². The molecule has 2 N–H and O–H groups in total. The van der Waals surface area contributed by atoms with Gasteiger partial charge >= 0.3 is 0 Å². The summed E-state index contributed by atoms with van der Waals surface area (Å²) in [6.07, 6.45) is 0. The summed E-state index contributed by atoms with van der Waals surface area (Å²) in [6, 6.07) is 4.49. The zero-order chi connectivity index (χ0) is 9.56. The minimum atomic E-state index is -0.388. The van der Waals surface area contributed by atoms with E-state index in [9.17, 15) is 4.39 Å². The van der Waals surface area contributed by atoms with Crippen LogP contribution in [-0.2, 0) is 0 Å². The molecule has 0 radical (unpaired) electrons. The maximum Gasteiger partial charge on any atom is 0.141 e. The van der Waals surface area contributed by atoms with E-state index in [1.807, 2.05) is 0 Å². The van der Waals surface area contributed by atoms with E-state index in [0.29, 0.717) is 0 Å². The Morgan fingerprint density at radius 1 is 1.42 bits per heavy atom. The van der Waals surface area contributed by atoms with Gasteiger partial charge in [0.25, 0.3) is 0 Å². The van der Waals surface area contributed by atoms with Crippen molar-refractivity contribution in [2.24, 2.45) is 0 Å². The molecule has 2 nitrogen and oxygen atoms in total. The molecule has 0 spiro atoms. The van der Waals surface area contributed by atoms with Crippen molar-refractivity contribution in [2.45, 2.75) is 0 Å². The van der Waals surface area contributed by atoms with Crippen molar-refractivity contribution in [3.8, 4) is 0 Å². The molecule has 0 aromatic heterocycles. The van der Waals surface area contributed by atoms with Crippen molar-refractivity contribution in [3.63, 3.8) is 0 Å². The molecule has 4 heteroatoms. The number of anilines is 1. The molecular formula is C8H11ClFNO. The highest BCUT2D eigenvalue weighted by Gasteiger charge is 1.97. The van der Waals surface area contributed by atoms with E-state index < -0.39 is 0 Å².